The lowest BCUT2D eigenvalue weighted by atomic mass is 9.79. The van der Waals surface area contributed by atoms with Crippen molar-refractivity contribution < 1.29 is 14.4 Å². The molecule has 1 aromatic heterocycles. The first-order valence-corrected chi connectivity index (χ1v) is 7.31. The Morgan fingerprint density at radius 2 is 1.48 bits per heavy atom. The third kappa shape index (κ3) is 2.13. The van der Waals surface area contributed by atoms with E-state index >= 15 is 0 Å². The lowest BCUT2D eigenvalue weighted by molar-refractivity contribution is 0.423. The summed E-state index contributed by atoms with van der Waals surface area (Å²) in [5, 5.41) is 20.5. The topological polar surface area (TPSA) is 45.4 Å². The van der Waals surface area contributed by atoms with Gasteiger partial charge in [0, 0.05) is 21.9 Å². The molecule has 0 atom stereocenters. The summed E-state index contributed by atoms with van der Waals surface area (Å²) in [6.07, 6.45) is 0. The predicted molar refractivity (Wildman–Crippen MR) is 90.6 cm³/mol. The van der Waals surface area contributed by atoms with Crippen LogP contribution < -0.4 is 5.46 Å². The summed E-state index contributed by atoms with van der Waals surface area (Å²) in [6, 6.07) is 20.3. The Hall–Kier alpha value is -2.63. The Kier molecular flexibility index (Phi) is 3.18. The standard InChI is InChI=1S/C18H13BFNO2/c20-16-11-18-14(10-15(16)19(22)23)13-8-4-5-9-17(13)21(18)12-6-2-1-3-7-12/h1-11,22-23H. The fraction of sp³-hybridized carbons (Fsp3) is 0. The first-order valence-electron chi connectivity index (χ1n) is 7.31. The SMILES string of the molecule is OB(O)c1cc2c3ccccc3n(-c3ccccc3)c2cc1F. The third-order valence-electron chi connectivity index (χ3n) is 4.08. The molecule has 3 nitrogen and oxygen atoms in total. The van der Waals surface area contributed by atoms with Gasteiger partial charge in [0.15, 0.2) is 0 Å². The average molecular weight is 305 g/mol. The van der Waals surface area contributed by atoms with E-state index in [9.17, 15) is 14.4 Å². The van der Waals surface area contributed by atoms with E-state index in [2.05, 4.69) is 0 Å². The van der Waals surface area contributed by atoms with Crippen LogP contribution in [0.15, 0.2) is 66.7 Å². The minimum Gasteiger partial charge on any atom is -0.423 e. The summed E-state index contributed by atoms with van der Waals surface area (Å²) >= 11 is 0. The first-order chi connectivity index (χ1) is 11.2. The molecule has 0 amide bonds. The second-order valence-corrected chi connectivity index (χ2v) is 5.45. The van der Waals surface area contributed by atoms with Gasteiger partial charge in [0.05, 0.1) is 11.0 Å². The number of fused-ring (bicyclic) bond motifs is 3. The van der Waals surface area contributed by atoms with E-state index in [0.717, 1.165) is 22.0 Å². The number of hydrogen-bond donors (Lipinski definition) is 2. The Morgan fingerprint density at radius 1 is 0.783 bits per heavy atom. The minimum absolute atomic E-state index is 0.117. The molecule has 0 spiro atoms. The van der Waals surface area contributed by atoms with Crippen LogP contribution in [-0.4, -0.2) is 21.7 Å². The van der Waals surface area contributed by atoms with Gasteiger partial charge in [-0.3, -0.25) is 0 Å². The Balaban J connectivity index is 2.18. The molecule has 0 aliphatic carbocycles. The number of hydrogen-bond acceptors (Lipinski definition) is 2. The van der Waals surface area contributed by atoms with Gasteiger partial charge in [-0.1, -0.05) is 36.4 Å². The zero-order chi connectivity index (χ0) is 16.0. The molecule has 0 aliphatic rings. The van der Waals surface area contributed by atoms with E-state index in [1.54, 1.807) is 0 Å². The van der Waals surface area contributed by atoms with E-state index in [0.29, 0.717) is 5.52 Å². The molecule has 3 aromatic carbocycles. The van der Waals surface area contributed by atoms with Crippen molar-refractivity contribution in [2.24, 2.45) is 0 Å². The molecule has 5 heteroatoms. The van der Waals surface area contributed by atoms with Crippen molar-refractivity contribution in [1.82, 2.24) is 4.57 Å². The predicted octanol–water partition coefficient (Wildman–Crippen LogP) is 2.60. The van der Waals surface area contributed by atoms with Crippen molar-refractivity contribution in [3.8, 4) is 5.69 Å². The molecule has 0 saturated heterocycles. The largest absolute Gasteiger partial charge is 0.491 e. The second-order valence-electron chi connectivity index (χ2n) is 5.45. The van der Waals surface area contributed by atoms with E-state index < -0.39 is 12.9 Å². The molecule has 2 N–H and O–H groups in total. The fourth-order valence-electron chi connectivity index (χ4n) is 3.06. The van der Waals surface area contributed by atoms with Crippen LogP contribution in [0.2, 0.25) is 0 Å². The summed E-state index contributed by atoms with van der Waals surface area (Å²) in [5.74, 6) is -0.632. The van der Waals surface area contributed by atoms with E-state index in [-0.39, 0.29) is 5.46 Å². The molecule has 4 rings (SSSR count). The van der Waals surface area contributed by atoms with Crippen LogP contribution in [0.25, 0.3) is 27.5 Å². The highest BCUT2D eigenvalue weighted by molar-refractivity contribution is 6.59. The van der Waals surface area contributed by atoms with Crippen molar-refractivity contribution in [2.75, 3.05) is 0 Å². The molecular formula is C18H13BFNO2. The smallest absolute Gasteiger partial charge is 0.423 e. The minimum atomic E-state index is -1.83. The van der Waals surface area contributed by atoms with Crippen molar-refractivity contribution >= 4 is 34.4 Å². The Morgan fingerprint density at radius 3 is 2.22 bits per heavy atom. The second kappa shape index (κ2) is 5.23. The van der Waals surface area contributed by atoms with Crippen LogP contribution in [0.3, 0.4) is 0 Å². The highest BCUT2D eigenvalue weighted by Gasteiger charge is 2.20. The third-order valence-corrected chi connectivity index (χ3v) is 4.08. The molecule has 112 valence electrons. The van der Waals surface area contributed by atoms with Crippen LogP contribution in [-0.2, 0) is 0 Å². The van der Waals surface area contributed by atoms with Gasteiger partial charge in [-0.05, 0) is 30.3 Å². The van der Waals surface area contributed by atoms with Crippen LogP contribution in [0.4, 0.5) is 4.39 Å². The van der Waals surface area contributed by atoms with Crippen LogP contribution in [0.1, 0.15) is 0 Å². The lowest BCUT2D eigenvalue weighted by Crippen LogP contribution is -2.32. The molecule has 0 saturated carbocycles. The summed E-state index contributed by atoms with van der Waals surface area (Å²) in [6.45, 7) is 0. The maximum atomic E-state index is 14.3. The molecule has 0 fully saturated rings. The number of nitrogens with zero attached hydrogens (tertiary/aromatic N) is 1. The molecule has 0 radical (unpaired) electrons. The van der Waals surface area contributed by atoms with Gasteiger partial charge in [-0.2, -0.15) is 0 Å². The summed E-state index contributed by atoms with van der Waals surface area (Å²) < 4.78 is 16.2. The maximum absolute atomic E-state index is 14.3. The molecule has 0 unspecified atom stereocenters. The number of aromatic nitrogens is 1. The van der Waals surface area contributed by atoms with Crippen molar-refractivity contribution in [3.63, 3.8) is 0 Å². The summed E-state index contributed by atoms with van der Waals surface area (Å²) in [7, 11) is -1.83. The van der Waals surface area contributed by atoms with E-state index in [1.807, 2.05) is 59.2 Å². The summed E-state index contributed by atoms with van der Waals surface area (Å²) in [5.41, 5.74) is 2.45. The Bertz CT molecular complexity index is 1010. The zero-order valence-corrected chi connectivity index (χ0v) is 12.1. The van der Waals surface area contributed by atoms with Crippen LogP contribution >= 0.6 is 0 Å². The van der Waals surface area contributed by atoms with Gasteiger partial charge in [0.25, 0.3) is 0 Å². The number of halogens is 1. The number of rotatable bonds is 2. The van der Waals surface area contributed by atoms with Crippen molar-refractivity contribution in [2.45, 2.75) is 0 Å². The average Bonchev–Trinajstić information content (AvgIpc) is 2.88. The monoisotopic (exact) mass is 305 g/mol. The molecule has 4 aromatic rings. The zero-order valence-electron chi connectivity index (χ0n) is 12.1. The normalized spacial score (nSPS) is 11.3. The molecule has 0 bridgehead atoms. The highest BCUT2D eigenvalue weighted by Crippen LogP contribution is 2.31. The van der Waals surface area contributed by atoms with Gasteiger partial charge in [0.2, 0.25) is 0 Å². The van der Waals surface area contributed by atoms with Gasteiger partial charge >= 0.3 is 7.12 Å². The maximum Gasteiger partial charge on any atom is 0.491 e. The first kappa shape index (κ1) is 14.0. The van der Waals surface area contributed by atoms with Crippen molar-refractivity contribution in [1.29, 1.82) is 0 Å². The number of para-hydroxylation sites is 2. The van der Waals surface area contributed by atoms with E-state index in [4.69, 9.17) is 0 Å². The van der Waals surface area contributed by atoms with Crippen LogP contribution in [0.5, 0.6) is 0 Å². The van der Waals surface area contributed by atoms with Gasteiger partial charge in [-0.15, -0.1) is 0 Å². The molecule has 23 heavy (non-hydrogen) atoms. The van der Waals surface area contributed by atoms with Gasteiger partial charge in [-0.25, -0.2) is 4.39 Å². The molecular weight excluding hydrogens is 292 g/mol. The Labute approximate surface area is 132 Å². The highest BCUT2D eigenvalue weighted by atomic mass is 19.1. The number of benzene rings is 3. The van der Waals surface area contributed by atoms with Gasteiger partial charge in [0.1, 0.15) is 5.82 Å². The van der Waals surface area contributed by atoms with Crippen LogP contribution in [0, 0.1) is 5.82 Å². The lowest BCUT2D eigenvalue weighted by Gasteiger charge is -2.08. The quantitative estimate of drug-likeness (QED) is 0.559. The molecule has 0 aliphatic heterocycles. The summed E-state index contributed by atoms with van der Waals surface area (Å²) in [4.78, 5) is 0. The van der Waals surface area contributed by atoms with Crippen molar-refractivity contribution in [3.05, 3.63) is 72.5 Å². The molecule has 1 heterocycles. The fourth-order valence-corrected chi connectivity index (χ4v) is 3.06. The van der Waals surface area contributed by atoms with E-state index in [1.165, 1.54) is 12.1 Å². The van der Waals surface area contributed by atoms with Gasteiger partial charge < -0.3 is 14.6 Å².